The van der Waals surface area contributed by atoms with E-state index in [4.69, 9.17) is 4.74 Å². The van der Waals surface area contributed by atoms with Crippen LogP contribution in [0, 0.1) is 0 Å². The van der Waals surface area contributed by atoms with Crippen LogP contribution in [0.5, 0.6) is 0 Å². The monoisotopic (exact) mass is 412 g/mol. The Hall–Kier alpha value is -2.90. The molecule has 1 unspecified atom stereocenters. The first-order valence-electron chi connectivity index (χ1n) is 9.24. The van der Waals surface area contributed by atoms with E-state index in [2.05, 4.69) is 11.9 Å². The van der Waals surface area contributed by atoms with Crippen LogP contribution in [0.1, 0.15) is 18.1 Å². The van der Waals surface area contributed by atoms with Crippen LogP contribution in [0.4, 0.5) is 5.69 Å². The zero-order chi connectivity index (χ0) is 21.0. The highest BCUT2D eigenvalue weighted by atomic mass is 32.2. The van der Waals surface area contributed by atoms with Crippen molar-refractivity contribution in [2.45, 2.75) is 13.0 Å². The fourth-order valence-corrected chi connectivity index (χ4v) is 5.13. The number of anilines is 1. The number of rotatable bonds is 7. The Morgan fingerprint density at radius 1 is 1.17 bits per heavy atom. The molecule has 1 N–H and O–H groups in total. The summed E-state index contributed by atoms with van der Waals surface area (Å²) in [6, 6.07) is 15.9. The molecule has 0 fully saturated rings. The third kappa shape index (κ3) is 3.97. The van der Waals surface area contributed by atoms with Crippen molar-refractivity contribution in [3.8, 4) is 0 Å². The Balaban J connectivity index is 2.30. The Morgan fingerprint density at radius 3 is 2.48 bits per heavy atom. The summed E-state index contributed by atoms with van der Waals surface area (Å²) in [5, 5.41) is 2.75. The van der Waals surface area contributed by atoms with Gasteiger partial charge in [-0.3, -0.25) is 9.10 Å². The number of benzene rings is 2. The van der Waals surface area contributed by atoms with E-state index >= 15 is 0 Å². The van der Waals surface area contributed by atoms with E-state index in [0.717, 1.165) is 0 Å². The van der Waals surface area contributed by atoms with Gasteiger partial charge in [-0.15, -0.1) is 6.58 Å². The van der Waals surface area contributed by atoms with Gasteiger partial charge in [0.15, 0.2) is 4.91 Å². The molecule has 152 valence electrons. The van der Waals surface area contributed by atoms with Gasteiger partial charge < -0.3 is 10.1 Å². The van der Waals surface area contributed by atoms with E-state index in [-0.39, 0.29) is 24.1 Å². The number of fused-ring (bicyclic) bond motifs is 1. The number of carbonyl (C=O) groups is 1. The quantitative estimate of drug-likeness (QED) is 0.710. The molecule has 0 aromatic heterocycles. The third-order valence-electron chi connectivity index (χ3n) is 4.58. The molecular weight excluding hydrogens is 388 g/mol. The number of nitrogens with one attached hydrogen (secondary N) is 1. The summed E-state index contributed by atoms with van der Waals surface area (Å²) < 4.78 is 33.4. The van der Waals surface area contributed by atoms with Crippen LogP contribution in [0.2, 0.25) is 0 Å². The normalized spacial score (nSPS) is 16.1. The summed E-state index contributed by atoms with van der Waals surface area (Å²) in [4.78, 5) is 12.9. The van der Waals surface area contributed by atoms with Gasteiger partial charge in [-0.05, 0) is 18.6 Å². The number of amides is 1. The highest BCUT2D eigenvalue weighted by Crippen LogP contribution is 2.42. The van der Waals surface area contributed by atoms with E-state index in [1.165, 1.54) is 17.5 Å². The summed E-state index contributed by atoms with van der Waals surface area (Å²) in [6.07, 6.45) is 1.50. The van der Waals surface area contributed by atoms with Crippen molar-refractivity contribution < 1.29 is 17.9 Å². The average Bonchev–Trinajstić information content (AvgIpc) is 2.70. The molecule has 0 spiro atoms. The second-order valence-electron chi connectivity index (χ2n) is 6.74. The fraction of sp³-hybridized carbons (Fsp3) is 0.227. The summed E-state index contributed by atoms with van der Waals surface area (Å²) in [7, 11) is -2.58. The minimum atomic E-state index is -4.11. The van der Waals surface area contributed by atoms with Gasteiger partial charge in [-0.1, -0.05) is 54.6 Å². The standard InChI is InChI=1S/C22H24N2O4S/c1-4-14-24-19-13-9-8-12-18(19)20(17-10-6-5-7-11-17)21(29(24,26)27)22(25)23-16(2)15-28-3/h4-13,16H,1,14-15H2,2-3H3,(H,23,25). The lowest BCUT2D eigenvalue weighted by atomic mass is 9.95. The molecule has 0 saturated heterocycles. The maximum absolute atomic E-state index is 13.6. The smallest absolute Gasteiger partial charge is 0.270 e. The number of ether oxygens (including phenoxy) is 1. The molecular formula is C22H24N2O4S. The number of sulfonamides is 1. The molecule has 1 heterocycles. The van der Waals surface area contributed by atoms with E-state index in [1.807, 2.05) is 30.3 Å². The van der Waals surface area contributed by atoms with E-state index in [1.54, 1.807) is 31.2 Å². The van der Waals surface area contributed by atoms with Gasteiger partial charge in [0.2, 0.25) is 0 Å². The van der Waals surface area contributed by atoms with Crippen molar-refractivity contribution in [2.24, 2.45) is 0 Å². The lowest BCUT2D eigenvalue weighted by Gasteiger charge is -2.33. The second-order valence-corrected chi connectivity index (χ2v) is 8.54. The highest BCUT2D eigenvalue weighted by molar-refractivity contribution is 7.97. The zero-order valence-corrected chi connectivity index (χ0v) is 17.3. The minimum Gasteiger partial charge on any atom is -0.383 e. The summed E-state index contributed by atoms with van der Waals surface area (Å²) in [5.74, 6) is -0.656. The first-order valence-corrected chi connectivity index (χ1v) is 10.7. The molecule has 1 aliphatic rings. The predicted octanol–water partition coefficient (Wildman–Crippen LogP) is 2.93. The maximum atomic E-state index is 13.6. The third-order valence-corrected chi connectivity index (χ3v) is 6.41. The molecule has 6 nitrogen and oxygen atoms in total. The maximum Gasteiger partial charge on any atom is 0.270 e. The molecule has 2 aromatic carbocycles. The van der Waals surface area contributed by atoms with Crippen LogP contribution in [0.25, 0.3) is 5.57 Å². The average molecular weight is 413 g/mol. The molecule has 0 saturated carbocycles. The largest absolute Gasteiger partial charge is 0.383 e. The van der Waals surface area contributed by atoms with Gasteiger partial charge in [0, 0.05) is 24.3 Å². The number of hydrogen-bond acceptors (Lipinski definition) is 4. The number of para-hydroxylation sites is 1. The number of carbonyl (C=O) groups excluding carboxylic acids is 1. The number of nitrogens with zero attached hydrogens (tertiary/aromatic N) is 1. The summed E-state index contributed by atoms with van der Waals surface area (Å²) >= 11 is 0. The van der Waals surface area contributed by atoms with Crippen LogP contribution >= 0.6 is 0 Å². The van der Waals surface area contributed by atoms with Crippen LogP contribution in [0.3, 0.4) is 0 Å². The lowest BCUT2D eigenvalue weighted by molar-refractivity contribution is -0.117. The highest BCUT2D eigenvalue weighted by Gasteiger charge is 2.41. The van der Waals surface area contributed by atoms with Gasteiger partial charge in [0.1, 0.15) is 0 Å². The molecule has 0 bridgehead atoms. The van der Waals surface area contributed by atoms with E-state index in [0.29, 0.717) is 22.4 Å². The van der Waals surface area contributed by atoms with Crippen molar-refractivity contribution in [3.63, 3.8) is 0 Å². The van der Waals surface area contributed by atoms with Gasteiger partial charge in [-0.2, -0.15) is 0 Å². The molecule has 0 radical (unpaired) electrons. The topological polar surface area (TPSA) is 75.7 Å². The Labute approximate surface area is 171 Å². The molecule has 1 atom stereocenters. The first kappa shape index (κ1) is 20.8. The predicted molar refractivity (Wildman–Crippen MR) is 115 cm³/mol. The van der Waals surface area contributed by atoms with E-state index < -0.39 is 15.9 Å². The number of methoxy groups -OCH3 is 1. The van der Waals surface area contributed by atoms with Gasteiger partial charge in [0.05, 0.1) is 18.8 Å². The Kier molecular flexibility index (Phi) is 6.20. The van der Waals surface area contributed by atoms with Crippen LogP contribution < -0.4 is 9.62 Å². The summed E-state index contributed by atoms with van der Waals surface area (Å²) in [5.41, 5.74) is 2.25. The SMILES string of the molecule is C=CCN1c2ccccc2C(c2ccccc2)=C(C(=O)NC(C)COC)S1(=O)=O. The lowest BCUT2D eigenvalue weighted by Crippen LogP contribution is -2.44. The van der Waals surface area contributed by atoms with Crippen LogP contribution in [-0.2, 0) is 19.6 Å². The van der Waals surface area contributed by atoms with Gasteiger partial charge in [0.25, 0.3) is 15.9 Å². The molecule has 29 heavy (non-hydrogen) atoms. The van der Waals surface area contributed by atoms with Crippen molar-refractivity contribution >= 4 is 27.2 Å². The molecule has 2 aromatic rings. The van der Waals surface area contributed by atoms with Crippen LogP contribution in [-0.4, -0.2) is 40.6 Å². The molecule has 7 heteroatoms. The van der Waals surface area contributed by atoms with E-state index in [9.17, 15) is 13.2 Å². The molecule has 3 rings (SSSR count). The van der Waals surface area contributed by atoms with Gasteiger partial charge in [-0.25, -0.2) is 8.42 Å². The molecule has 1 aliphatic heterocycles. The minimum absolute atomic E-state index is 0.0613. The molecule has 0 aliphatic carbocycles. The fourth-order valence-electron chi connectivity index (χ4n) is 3.41. The molecule has 1 amide bonds. The Morgan fingerprint density at radius 2 is 1.83 bits per heavy atom. The first-order chi connectivity index (χ1) is 13.9. The number of hydrogen-bond donors (Lipinski definition) is 1. The van der Waals surface area contributed by atoms with Crippen molar-refractivity contribution in [3.05, 3.63) is 83.3 Å². The second kappa shape index (κ2) is 8.63. The van der Waals surface area contributed by atoms with Crippen molar-refractivity contribution in [2.75, 3.05) is 24.6 Å². The zero-order valence-electron chi connectivity index (χ0n) is 16.5. The van der Waals surface area contributed by atoms with Crippen LogP contribution in [0.15, 0.2) is 72.2 Å². The summed E-state index contributed by atoms with van der Waals surface area (Å²) in [6.45, 7) is 5.76. The Bertz CT molecular complexity index is 1050. The van der Waals surface area contributed by atoms with Crippen molar-refractivity contribution in [1.29, 1.82) is 0 Å². The van der Waals surface area contributed by atoms with Gasteiger partial charge >= 0.3 is 0 Å². The van der Waals surface area contributed by atoms with Crippen molar-refractivity contribution in [1.82, 2.24) is 5.32 Å².